The predicted octanol–water partition coefficient (Wildman–Crippen LogP) is 4.00. The van der Waals surface area contributed by atoms with Crippen LogP contribution in [0.3, 0.4) is 0 Å². The molecule has 2 N–H and O–H groups in total. The second-order valence-corrected chi connectivity index (χ2v) is 52.1. The van der Waals surface area contributed by atoms with Crippen LogP contribution < -0.4 is 34.8 Å². The number of anilines is 2. The number of piperidine rings is 2. The molecular formula is C84H124ClN17O24S7. The van der Waals surface area contributed by atoms with Crippen molar-refractivity contribution in [1.82, 2.24) is 72.3 Å². The molecule has 13 aliphatic rings. The number of carbonyl (C=O) groups excluding carboxylic acids is 6. The molecule has 7 aliphatic carbocycles. The second-order valence-electron chi connectivity index (χ2n) is 38.0. The molecule has 49 heteroatoms. The molecule has 0 spiro atoms. The molecule has 7 saturated carbocycles. The zero-order chi connectivity index (χ0) is 96.0. The average molecular weight is 2020 g/mol. The van der Waals surface area contributed by atoms with Crippen molar-refractivity contribution < 1.29 is 107 Å². The van der Waals surface area contributed by atoms with Crippen LogP contribution in [0.4, 0.5) is 21.2 Å². The maximum Gasteiger partial charge on any atom is 0.410 e. The normalized spacial score (nSPS) is 22.6. The molecular weight excluding hydrogens is 1890 g/mol. The Morgan fingerprint density at radius 1 is 0.444 bits per heavy atom. The monoisotopic (exact) mass is 2010 g/mol. The first kappa shape index (κ1) is 103. The van der Waals surface area contributed by atoms with Crippen molar-refractivity contribution in [2.45, 2.75) is 172 Å². The number of nitrogens with zero attached hydrogens (tertiary/aromatic N) is 15. The van der Waals surface area contributed by atoms with Crippen molar-refractivity contribution >= 4 is 129 Å². The maximum absolute atomic E-state index is 12.9. The minimum atomic E-state index is -3.82. The molecule has 17 rings (SSSR count). The number of halogens is 1. The third-order valence-corrected chi connectivity index (χ3v) is 40.1. The maximum atomic E-state index is 12.9. The molecule has 41 nitrogen and oxygen atoms in total. The highest BCUT2D eigenvalue weighted by Gasteiger charge is 2.58. The number of ether oxygens (including phenoxy) is 4. The molecule has 6 saturated heterocycles. The number of carbonyl (C=O) groups is 6. The summed E-state index contributed by atoms with van der Waals surface area (Å²) in [6.45, 7) is 9.29. The lowest BCUT2D eigenvalue weighted by Gasteiger charge is -2.34. The van der Waals surface area contributed by atoms with E-state index in [9.17, 15) is 79.3 Å². The Labute approximate surface area is 788 Å². The minimum absolute atomic E-state index is 0.0359. The Kier molecular flexibility index (Phi) is 32.2. The zero-order valence-corrected chi connectivity index (χ0v) is 82.9. The van der Waals surface area contributed by atoms with Gasteiger partial charge in [0.1, 0.15) is 11.2 Å². The molecule has 738 valence electrons. The van der Waals surface area contributed by atoms with Gasteiger partial charge in [-0.3, -0.25) is 29.0 Å². The van der Waals surface area contributed by atoms with Crippen LogP contribution in [0.1, 0.15) is 129 Å². The van der Waals surface area contributed by atoms with Crippen molar-refractivity contribution in [3.8, 4) is 17.5 Å². The molecule has 0 atom stereocenters. The summed E-state index contributed by atoms with van der Waals surface area (Å²) in [5, 5.41) is 5.25. The van der Waals surface area contributed by atoms with Gasteiger partial charge in [-0.2, -0.15) is 17.2 Å². The first-order valence-electron chi connectivity index (χ1n) is 44.8. The number of hydrogen-bond acceptors (Lipinski definition) is 32. The van der Waals surface area contributed by atoms with Crippen molar-refractivity contribution in [3.05, 3.63) is 85.5 Å². The van der Waals surface area contributed by atoms with E-state index in [0.29, 0.717) is 119 Å². The fraction of sp³-hybridized carbons (Fsp3) is 0.690. The fourth-order valence-electron chi connectivity index (χ4n) is 16.2. The standard InChI is InChI=1S/2C25H38N6O6S.C14H18N2O5S2.C10H11ClO4S2.C10H19N3O3S/c2*1-24(6-7-24)37-23(33)29-10-4-19(5-11-29)17-36-21-15-26-20(14-27-21)31-13-12-30(16-22(31)32)38(34,35)18-25(8-9-25)28(2)3;17-13-10-16(9-8-15-13)23(18,19)11-14(6-7-14)22-21-20-12-4-2-1-3-5-12;11-16(12,13)8-10(6-7-10)17(14,15)9-4-2-1-3-5-9;1-12(2)10(3-4-10)8-17(15,16)13-6-5-11-9(14)7-13/h2*14-15,19H,4-13,16-18H2,1-3H3;1-5H,6-11H2,(H,15,17);1-5H,6-8H2;3-8H2,1-2H3,(H,11,14). The number of likely N-dealkylation sites (tertiary alicyclic amines) is 2. The van der Waals surface area contributed by atoms with Gasteiger partial charge in [0, 0.05) is 106 Å². The Morgan fingerprint density at radius 3 is 1.13 bits per heavy atom. The molecule has 6 aliphatic heterocycles. The van der Waals surface area contributed by atoms with E-state index in [1.807, 2.05) is 89.0 Å². The summed E-state index contributed by atoms with van der Waals surface area (Å²) in [4.78, 5) is 108. The van der Waals surface area contributed by atoms with E-state index in [4.69, 9.17) is 38.9 Å². The Morgan fingerprint density at radius 2 is 0.812 bits per heavy atom. The van der Waals surface area contributed by atoms with Crippen LogP contribution in [0.25, 0.3) is 0 Å². The fourth-order valence-corrected chi connectivity index (χ4v) is 29.9. The first-order chi connectivity index (χ1) is 62.6. The van der Waals surface area contributed by atoms with E-state index in [0.717, 1.165) is 115 Å². The molecule has 8 heterocycles. The third kappa shape index (κ3) is 27.7. The van der Waals surface area contributed by atoms with E-state index in [2.05, 4.69) is 30.6 Å². The summed E-state index contributed by atoms with van der Waals surface area (Å²) in [7, 11) is -4.77. The van der Waals surface area contributed by atoms with Crippen molar-refractivity contribution in [2.24, 2.45) is 11.8 Å². The summed E-state index contributed by atoms with van der Waals surface area (Å²) in [6.07, 6.45) is 20.0. The number of para-hydroxylation sites is 1. The Bertz CT molecular complexity index is 5330. The predicted molar refractivity (Wildman–Crippen MR) is 494 cm³/mol. The van der Waals surface area contributed by atoms with Crippen LogP contribution in [0, 0.1) is 11.8 Å². The molecule has 0 unspecified atom stereocenters. The van der Waals surface area contributed by atoms with Gasteiger partial charge < -0.3 is 59.0 Å². The highest BCUT2D eigenvalue weighted by atomic mass is 35.7. The van der Waals surface area contributed by atoms with Gasteiger partial charge in [-0.15, -0.1) is 4.33 Å². The lowest BCUT2D eigenvalue weighted by Crippen LogP contribution is -2.54. The zero-order valence-electron chi connectivity index (χ0n) is 76.5. The molecule has 13 fully saturated rings. The van der Waals surface area contributed by atoms with Gasteiger partial charge in [0.05, 0.1) is 119 Å². The van der Waals surface area contributed by atoms with Crippen LogP contribution >= 0.6 is 22.7 Å². The SMILES string of the molecule is CN(C)C1(CS(=O)(=O)N2CCN(c3cnc(OCC4CCN(C(=O)OC5(C)CC5)CC4)cn3)C(=O)C2)CC1.CN(C)C1(CS(=O)(=O)N2CCN(c3cnc(OCC4CCN(C(=O)OC5(C)CC5)CC4)cn3)C(=O)C2)CC1.CN(C)C1(CS(=O)(=O)N2CCNC(=O)C2)CC1.O=C1CN(S(=O)(=O)CC2(SOOc3ccccc3)CC2)CCN1.O=S(=O)(Cl)CC1(S(=O)(=O)c2ccccc2)CC1. The van der Waals surface area contributed by atoms with Gasteiger partial charge in [0.25, 0.3) is 0 Å². The van der Waals surface area contributed by atoms with Crippen LogP contribution in [0.5, 0.6) is 17.5 Å². The van der Waals surface area contributed by atoms with Crippen LogP contribution in [0.15, 0.2) is 90.3 Å². The van der Waals surface area contributed by atoms with Gasteiger partial charge in [0.15, 0.2) is 27.2 Å². The number of aromatic nitrogens is 4. The highest BCUT2D eigenvalue weighted by Crippen LogP contribution is 2.52. The summed E-state index contributed by atoms with van der Waals surface area (Å²) in [5.41, 5.74) is -1.34. The summed E-state index contributed by atoms with van der Waals surface area (Å²) in [5.74, 6) is 1.17. The van der Waals surface area contributed by atoms with Gasteiger partial charge >= 0.3 is 12.2 Å². The van der Waals surface area contributed by atoms with Crippen LogP contribution in [-0.4, -0.2) is 374 Å². The van der Waals surface area contributed by atoms with E-state index < -0.39 is 74.2 Å². The van der Waals surface area contributed by atoms with E-state index in [1.54, 1.807) is 40.1 Å². The van der Waals surface area contributed by atoms with Crippen molar-refractivity contribution in [3.63, 3.8) is 0 Å². The van der Waals surface area contributed by atoms with E-state index in [1.165, 1.54) is 63.9 Å². The second kappa shape index (κ2) is 41.6. The Hall–Kier alpha value is -7.56. The summed E-state index contributed by atoms with van der Waals surface area (Å²) in [6, 6.07) is 16.9. The first-order valence-corrected chi connectivity index (χ1v) is 56.0. The quantitative estimate of drug-likeness (QED) is 0.0294. The topological polar surface area (TPSA) is 474 Å². The molecule has 0 bridgehead atoms. The number of rotatable bonds is 33. The Balaban J connectivity index is 0.000000147. The molecule has 0 radical (unpaired) electrons. The molecule has 2 aromatic heterocycles. The number of amides is 6. The molecule has 4 aromatic rings. The number of hydrogen-bond donors (Lipinski definition) is 2. The number of sulfone groups is 1. The lowest BCUT2D eigenvalue weighted by molar-refractivity contribution is -0.123. The van der Waals surface area contributed by atoms with E-state index in [-0.39, 0.29) is 144 Å². The summed E-state index contributed by atoms with van der Waals surface area (Å²) < 4.78 is 179. The lowest BCUT2D eigenvalue weighted by atomic mass is 9.98. The van der Waals surface area contributed by atoms with Gasteiger partial charge in [-0.25, -0.2) is 80.0 Å². The molecule has 2 aromatic carbocycles. The molecule has 6 amide bonds. The number of sulfonamides is 4. The number of benzene rings is 2. The van der Waals surface area contributed by atoms with Gasteiger partial charge in [-0.1, -0.05) is 36.4 Å². The average Bonchev–Trinajstić information content (AvgIpc) is 1.57. The van der Waals surface area contributed by atoms with Crippen molar-refractivity contribution in [1.29, 1.82) is 0 Å². The highest BCUT2D eigenvalue weighted by molar-refractivity contribution is 8.14. The van der Waals surface area contributed by atoms with Crippen LogP contribution in [0.2, 0.25) is 0 Å². The number of nitrogens with one attached hydrogen (secondary N) is 2. The third-order valence-electron chi connectivity index (χ3n) is 26.9. The smallest absolute Gasteiger partial charge is 0.410 e. The minimum Gasteiger partial charge on any atom is -0.476 e. The van der Waals surface area contributed by atoms with Crippen molar-refractivity contribution in [2.75, 3.05) is 199 Å². The summed E-state index contributed by atoms with van der Waals surface area (Å²) >= 11 is 1.05. The van der Waals surface area contributed by atoms with Gasteiger partial charge in [-0.05, 0) is 208 Å². The molecule has 133 heavy (non-hydrogen) atoms. The van der Waals surface area contributed by atoms with E-state index >= 15 is 0 Å². The van der Waals surface area contributed by atoms with Crippen LogP contribution in [-0.2, 0) is 92.0 Å². The largest absolute Gasteiger partial charge is 0.476 e. The van der Waals surface area contributed by atoms with Gasteiger partial charge in [0.2, 0.25) is 84.5 Å². The number of piperazine rings is 4.